The summed E-state index contributed by atoms with van der Waals surface area (Å²) in [6.07, 6.45) is 1.27. The van der Waals surface area contributed by atoms with Crippen molar-refractivity contribution >= 4 is 42.9 Å². The number of benzene rings is 3. The molecule has 220 valence electrons. The number of likely N-dealkylation sites (tertiary alicyclic amines) is 1. The predicted octanol–water partition coefficient (Wildman–Crippen LogP) is 4.60. The number of hydrogen-bond donors (Lipinski definition) is 2. The molecule has 1 amide bonds. The molecule has 1 saturated heterocycles. The summed E-state index contributed by atoms with van der Waals surface area (Å²) >= 11 is 12.3. The number of halogens is 3. The number of nitrogens with zero attached hydrogens (tertiary/aromatic N) is 2. The molecule has 42 heavy (non-hydrogen) atoms. The zero-order chi connectivity index (χ0) is 30.2. The van der Waals surface area contributed by atoms with Crippen molar-refractivity contribution in [3.05, 3.63) is 104 Å². The third kappa shape index (κ3) is 5.56. The third-order valence-corrected chi connectivity index (χ3v) is 9.18. The number of aliphatic carboxylic acids is 1. The molecule has 3 aromatic carbocycles. The molecule has 5 rings (SSSR count). The summed E-state index contributed by atoms with van der Waals surface area (Å²) in [7, 11) is 3.09. The maximum atomic E-state index is 16.4. The first-order valence-corrected chi connectivity index (χ1v) is 14.6. The first kappa shape index (κ1) is 30.5. The Kier molecular flexibility index (Phi) is 8.70. The Labute approximate surface area is 255 Å². The van der Waals surface area contributed by atoms with Crippen LogP contribution in [-0.2, 0) is 27.3 Å². The number of ether oxygens (including phenoxy) is 1. The second kappa shape index (κ2) is 12.0. The first-order valence-electron chi connectivity index (χ1n) is 13.9. The monoisotopic (exact) mass is 612 g/mol. The molecule has 7 nitrogen and oxygen atoms in total. The number of amides is 1. The van der Waals surface area contributed by atoms with Gasteiger partial charge in [-0.25, -0.2) is 4.39 Å². The van der Waals surface area contributed by atoms with E-state index in [1.165, 1.54) is 18.1 Å². The molecule has 3 aromatic rings. The maximum absolute atomic E-state index is 16.4. The van der Waals surface area contributed by atoms with Crippen LogP contribution < -0.4 is 0 Å². The molecule has 2 atom stereocenters. The summed E-state index contributed by atoms with van der Waals surface area (Å²) < 4.78 is 22.5. The summed E-state index contributed by atoms with van der Waals surface area (Å²) in [6.45, 7) is 1.80. The first-order chi connectivity index (χ1) is 20.0. The standard InChI is InChI=1S/C31H32BCl2FN2O5/c1-42-31(21-4-8-24(34)9-5-21)28-25(29(40)37(31)18-19-2-6-23(33)7-3-19)16-22(17-26(28)35)30(32,41)20-10-13-36(14-11-20)15-12-27(38)39/h2-9,16-17,20,41H,10-15,18,32H2,1H3,(H,38,39)/t30-,31+/m0/s1. The number of hydrogen-bond acceptors (Lipinski definition) is 5. The van der Waals surface area contributed by atoms with Crippen molar-refractivity contribution in [2.24, 2.45) is 5.92 Å². The Balaban J connectivity index is 1.54. The van der Waals surface area contributed by atoms with Gasteiger partial charge in [-0.2, -0.15) is 0 Å². The molecular weight excluding hydrogens is 581 g/mol. The Bertz CT molecular complexity index is 1480. The van der Waals surface area contributed by atoms with E-state index >= 15 is 4.39 Å². The summed E-state index contributed by atoms with van der Waals surface area (Å²) in [6, 6.07) is 16.7. The third-order valence-electron chi connectivity index (χ3n) is 8.68. The predicted molar refractivity (Wildman–Crippen MR) is 161 cm³/mol. The second-order valence-corrected chi connectivity index (χ2v) is 12.0. The lowest BCUT2D eigenvalue weighted by Crippen LogP contribution is -2.46. The van der Waals surface area contributed by atoms with E-state index < -0.39 is 28.9 Å². The van der Waals surface area contributed by atoms with Crippen LogP contribution in [0.4, 0.5) is 4.39 Å². The highest BCUT2D eigenvalue weighted by Gasteiger charge is 2.54. The van der Waals surface area contributed by atoms with E-state index in [1.807, 2.05) is 0 Å². The highest BCUT2D eigenvalue weighted by Crippen LogP contribution is 2.48. The lowest BCUT2D eigenvalue weighted by molar-refractivity contribution is -0.137. The van der Waals surface area contributed by atoms with Crippen LogP contribution >= 0.6 is 23.2 Å². The number of rotatable bonds is 9. The SMILES string of the molecule is B[C@@](O)(c1cc(F)c2c(c1)C(=O)N(Cc1ccc(Cl)cc1)[C@@]2(OC)c1ccc(Cl)cc1)C1CCN(CCC(=O)O)CC1. The van der Waals surface area contributed by atoms with Crippen molar-refractivity contribution in [3.8, 4) is 0 Å². The Morgan fingerprint density at radius 1 is 1.10 bits per heavy atom. The van der Waals surface area contributed by atoms with E-state index in [4.69, 9.17) is 33.0 Å². The van der Waals surface area contributed by atoms with E-state index in [-0.39, 0.29) is 30.0 Å². The minimum Gasteiger partial charge on any atom is -0.481 e. The highest BCUT2D eigenvalue weighted by molar-refractivity contribution is 6.30. The molecule has 0 bridgehead atoms. The summed E-state index contributed by atoms with van der Waals surface area (Å²) in [5.41, 5.74) is -1.19. The number of piperidine rings is 1. The number of carbonyl (C=O) groups is 2. The molecule has 0 aromatic heterocycles. The Hall–Kier alpha value is -2.95. The van der Waals surface area contributed by atoms with Gasteiger partial charge in [-0.3, -0.25) is 14.5 Å². The smallest absolute Gasteiger partial charge is 0.304 e. The topological polar surface area (TPSA) is 90.3 Å². The van der Waals surface area contributed by atoms with Crippen molar-refractivity contribution in [2.45, 2.75) is 37.0 Å². The van der Waals surface area contributed by atoms with Crippen LogP contribution in [0.25, 0.3) is 0 Å². The van der Waals surface area contributed by atoms with Gasteiger partial charge in [0.1, 0.15) is 13.7 Å². The summed E-state index contributed by atoms with van der Waals surface area (Å²) in [4.78, 5) is 28.7. The van der Waals surface area contributed by atoms with Gasteiger partial charge in [0.15, 0.2) is 5.72 Å². The molecule has 0 radical (unpaired) electrons. The van der Waals surface area contributed by atoms with Gasteiger partial charge in [0.25, 0.3) is 5.91 Å². The number of carboxylic acids is 1. The normalized spacial score (nSPS) is 20.9. The molecule has 11 heteroatoms. The van der Waals surface area contributed by atoms with Crippen LogP contribution in [0.15, 0.2) is 60.7 Å². The molecule has 0 unspecified atom stereocenters. The number of carboxylic acid groups (broad SMARTS) is 1. The number of fused-ring (bicyclic) bond motifs is 1. The van der Waals surface area contributed by atoms with Gasteiger partial charge in [0.05, 0.1) is 23.0 Å². The van der Waals surface area contributed by atoms with Crippen molar-refractivity contribution in [3.63, 3.8) is 0 Å². The highest BCUT2D eigenvalue weighted by atomic mass is 35.5. The van der Waals surface area contributed by atoms with Crippen molar-refractivity contribution in [1.82, 2.24) is 9.80 Å². The van der Waals surface area contributed by atoms with Gasteiger partial charge in [-0.05, 0) is 79.4 Å². The van der Waals surface area contributed by atoms with Crippen molar-refractivity contribution in [1.29, 1.82) is 0 Å². The van der Waals surface area contributed by atoms with E-state index in [2.05, 4.69) is 4.90 Å². The van der Waals surface area contributed by atoms with Crippen LogP contribution in [0.3, 0.4) is 0 Å². The molecular formula is C31H32BCl2FN2O5. The number of aliphatic hydroxyl groups is 1. The lowest BCUT2D eigenvalue weighted by atomic mass is 9.63. The van der Waals surface area contributed by atoms with Crippen molar-refractivity contribution in [2.75, 3.05) is 26.7 Å². The zero-order valence-corrected chi connectivity index (χ0v) is 25.0. The Morgan fingerprint density at radius 3 is 2.26 bits per heavy atom. The van der Waals surface area contributed by atoms with Crippen LogP contribution in [0.5, 0.6) is 0 Å². The van der Waals surface area contributed by atoms with E-state index in [1.54, 1.807) is 62.4 Å². The van der Waals surface area contributed by atoms with Gasteiger partial charge >= 0.3 is 5.97 Å². The molecule has 2 heterocycles. The lowest BCUT2D eigenvalue weighted by Gasteiger charge is -2.40. The van der Waals surface area contributed by atoms with Crippen molar-refractivity contribution < 1.29 is 28.9 Å². The summed E-state index contributed by atoms with van der Waals surface area (Å²) in [5.74, 6) is -2.15. The number of carbonyl (C=O) groups excluding carboxylic acids is 1. The van der Waals surface area contributed by atoms with Crippen LogP contribution in [-0.4, -0.2) is 66.5 Å². The minimum absolute atomic E-state index is 0.0561. The molecule has 1 fully saturated rings. The zero-order valence-electron chi connectivity index (χ0n) is 23.4. The fourth-order valence-electron chi connectivity index (χ4n) is 6.31. The van der Waals surface area contributed by atoms with Crippen LogP contribution in [0.1, 0.15) is 51.9 Å². The van der Waals surface area contributed by atoms with Crippen LogP contribution in [0, 0.1) is 11.7 Å². The molecule has 2 aliphatic heterocycles. The fourth-order valence-corrected chi connectivity index (χ4v) is 6.56. The maximum Gasteiger partial charge on any atom is 0.304 e. The van der Waals surface area contributed by atoms with Crippen LogP contribution in [0.2, 0.25) is 10.0 Å². The van der Waals surface area contributed by atoms with Gasteiger partial charge in [-0.15, -0.1) is 0 Å². The van der Waals surface area contributed by atoms with E-state index in [0.29, 0.717) is 53.6 Å². The van der Waals surface area contributed by atoms with Gasteiger partial charge < -0.3 is 19.8 Å². The average Bonchev–Trinajstić information content (AvgIpc) is 3.22. The van der Waals surface area contributed by atoms with E-state index in [0.717, 1.165) is 5.56 Å². The van der Waals surface area contributed by atoms with E-state index in [9.17, 15) is 14.7 Å². The molecule has 0 aliphatic carbocycles. The minimum atomic E-state index is -1.58. The average molecular weight is 613 g/mol. The van der Waals surface area contributed by atoms with Gasteiger partial charge in [-0.1, -0.05) is 47.5 Å². The molecule has 0 spiro atoms. The number of methoxy groups -OCH3 is 1. The Morgan fingerprint density at radius 2 is 1.69 bits per heavy atom. The quantitative estimate of drug-likeness (QED) is 0.343. The van der Waals surface area contributed by atoms with Gasteiger partial charge in [0, 0.05) is 35.8 Å². The largest absolute Gasteiger partial charge is 0.481 e. The van der Waals surface area contributed by atoms with Gasteiger partial charge in [0.2, 0.25) is 0 Å². The molecule has 0 saturated carbocycles. The second-order valence-electron chi connectivity index (χ2n) is 11.2. The summed E-state index contributed by atoms with van der Waals surface area (Å²) in [5, 5.41) is 21.8. The molecule has 2 N–H and O–H groups in total. The molecule has 2 aliphatic rings. The fraction of sp³-hybridized carbons (Fsp3) is 0.355.